The van der Waals surface area contributed by atoms with E-state index >= 15 is 0 Å². The van der Waals surface area contributed by atoms with Crippen molar-refractivity contribution in [2.75, 3.05) is 0 Å². The molecule has 0 nitrogen and oxygen atoms in total. The van der Waals surface area contributed by atoms with Gasteiger partial charge in [0.2, 0.25) is 0 Å². The summed E-state index contributed by atoms with van der Waals surface area (Å²) < 4.78 is -0.100. The number of hydrogen-bond acceptors (Lipinski definition) is 0. The monoisotopic (exact) mass is 1040 g/mol. The van der Waals surface area contributed by atoms with Crippen LogP contribution in [0.25, 0.3) is 0 Å². The molecule has 1 aliphatic rings. The average Bonchev–Trinajstić information content (AvgIpc) is 3.70. The molecule has 0 bridgehead atoms. The third-order valence-electron chi connectivity index (χ3n) is 14.8. The van der Waals surface area contributed by atoms with Gasteiger partial charge in [0.05, 0.1) is 0 Å². The molecule has 5 heteroatoms. The van der Waals surface area contributed by atoms with Crippen molar-refractivity contribution in [2.24, 2.45) is 0 Å². The summed E-state index contributed by atoms with van der Waals surface area (Å²) >= 11 is 2.72. The molecule has 0 aromatic heterocycles. The molecule has 0 fully saturated rings. The minimum atomic E-state index is -2.87. The van der Waals surface area contributed by atoms with E-state index in [2.05, 4.69) is 142 Å². The van der Waals surface area contributed by atoms with Gasteiger partial charge in [-0.3, -0.25) is 0 Å². The fraction of sp³-hybridized carbons (Fsp3) is 0.651. The zero-order valence-electron chi connectivity index (χ0n) is 44.9. The van der Waals surface area contributed by atoms with Crippen LogP contribution in [0.15, 0.2) is 78.4 Å². The van der Waals surface area contributed by atoms with Crippen LogP contribution in [0, 0.1) is 0 Å². The van der Waals surface area contributed by atoms with Gasteiger partial charge in [0.1, 0.15) is 0 Å². The third-order valence-corrected chi connectivity index (χ3v) is 22.0. The fourth-order valence-electron chi connectivity index (χ4n) is 11.0. The van der Waals surface area contributed by atoms with Crippen molar-refractivity contribution in [1.29, 1.82) is 0 Å². The summed E-state index contributed by atoms with van der Waals surface area (Å²) in [6.07, 6.45) is 50.7. The predicted molar refractivity (Wildman–Crippen MR) is 290 cm³/mol. The van der Waals surface area contributed by atoms with Crippen molar-refractivity contribution in [2.45, 2.75) is 264 Å². The molecule has 0 heterocycles. The van der Waals surface area contributed by atoms with E-state index in [0.29, 0.717) is 0 Å². The van der Waals surface area contributed by atoms with Crippen molar-refractivity contribution in [1.82, 2.24) is 0 Å². The predicted octanol–water partition coefficient (Wildman–Crippen LogP) is 8.84. The summed E-state index contributed by atoms with van der Waals surface area (Å²) in [4.78, 5) is 0. The number of benzene rings is 3. The smallest absolute Gasteiger partial charge is 1.00 e. The molecule has 0 amide bonds. The molecular weight excluding hydrogens is 939 g/mol. The zero-order valence-corrected chi connectivity index (χ0v) is 49.7. The van der Waals surface area contributed by atoms with Gasteiger partial charge in [0, 0.05) is 0 Å². The van der Waals surface area contributed by atoms with Crippen LogP contribution < -0.4 is 52.8 Å². The summed E-state index contributed by atoms with van der Waals surface area (Å²) in [5.41, 5.74) is 11.2. The van der Waals surface area contributed by atoms with Crippen molar-refractivity contribution in [3.63, 3.8) is 0 Å². The molecule has 0 aliphatic heterocycles. The standard InChI is InChI=1S/C63H99Si.3ClH.Ti/c1-8-15-22-28-35-54-43-55(36-29-23-16-9-2)48-61(47-54)64(60-42-41-53(46-60)34-21-14-7,62-49-56(37-30-24-17-10-3)44-57(50-62)38-31-25-18-11-4)63-51-58(39-32-26-19-12-5)45-59(52-63)40-33-27-20-13-6;;;;/h41-52H,8-40H2,1-7H3;3*1H;/q;;;;+3/p-3. The SMILES string of the molecule is CCCCCCc1cc(CCCCCC)cc([Si](c2cc(CCCCCC)cc(CCCCCC)c2)(c2cc(CCCCCC)cc(CCCCCC)c2)[C]2([Ti+3])C=CC(CCCC)=C2)c1.[Cl-].[Cl-].[Cl-]. The first kappa shape index (κ1) is 65.0. The number of aryl methyl sites for hydroxylation is 6. The van der Waals surface area contributed by atoms with E-state index in [0.717, 1.165) is 0 Å². The molecule has 0 saturated heterocycles. The first-order valence-electron chi connectivity index (χ1n) is 28.4. The normalized spacial score (nSPS) is 14.4. The summed E-state index contributed by atoms with van der Waals surface area (Å²) in [7, 11) is -2.87. The second-order valence-corrected chi connectivity index (χ2v) is 26.9. The van der Waals surface area contributed by atoms with Gasteiger partial charge >= 0.3 is 420 Å². The van der Waals surface area contributed by atoms with Crippen molar-refractivity contribution in [3.05, 3.63) is 112 Å². The van der Waals surface area contributed by atoms with Gasteiger partial charge in [-0.2, -0.15) is 0 Å². The Morgan fingerprint density at radius 3 is 0.809 bits per heavy atom. The molecule has 1 atom stereocenters. The van der Waals surface area contributed by atoms with Gasteiger partial charge in [-0.05, 0) is 0 Å². The second kappa shape index (κ2) is 37.7. The van der Waals surface area contributed by atoms with Gasteiger partial charge in [-0.25, -0.2) is 0 Å². The third kappa shape index (κ3) is 20.8. The number of allylic oxidation sites excluding steroid dienone is 4. The molecule has 3 aromatic carbocycles. The van der Waals surface area contributed by atoms with Crippen LogP contribution in [-0.4, -0.2) is 8.07 Å². The van der Waals surface area contributed by atoms with Crippen molar-refractivity contribution < 1.29 is 57.7 Å². The van der Waals surface area contributed by atoms with E-state index in [1.165, 1.54) is 212 Å². The van der Waals surface area contributed by atoms with E-state index < -0.39 is 8.07 Å². The second-order valence-electron chi connectivity index (χ2n) is 20.8. The van der Waals surface area contributed by atoms with Crippen molar-refractivity contribution in [3.8, 4) is 0 Å². The van der Waals surface area contributed by atoms with Gasteiger partial charge in [-0.15, -0.1) is 0 Å². The zero-order chi connectivity index (χ0) is 46.6. The Morgan fingerprint density at radius 2 is 0.574 bits per heavy atom. The number of hydrogen-bond donors (Lipinski definition) is 0. The summed E-state index contributed by atoms with van der Waals surface area (Å²) in [5, 5.41) is 5.07. The molecule has 0 N–H and O–H groups in total. The van der Waals surface area contributed by atoms with Crippen molar-refractivity contribution >= 4 is 23.6 Å². The molecule has 0 radical (unpaired) electrons. The molecule has 1 aliphatic carbocycles. The van der Waals surface area contributed by atoms with Crippen LogP contribution in [0.5, 0.6) is 0 Å². The number of halogens is 3. The van der Waals surface area contributed by atoms with Crippen LogP contribution in [-0.2, 0) is 59.0 Å². The summed E-state index contributed by atoms with van der Waals surface area (Å²) in [5.74, 6) is 0. The Hall–Kier alpha value is -1.06. The molecule has 0 saturated carbocycles. The Kier molecular flexibility index (Phi) is 36.0. The van der Waals surface area contributed by atoms with Crippen LogP contribution in [0.2, 0.25) is 3.34 Å². The summed E-state index contributed by atoms with van der Waals surface area (Å²) in [6, 6.07) is 24.9. The Labute approximate surface area is 453 Å². The fourth-order valence-corrected chi connectivity index (χ4v) is 19.0. The van der Waals surface area contributed by atoms with E-state index in [1.807, 2.05) is 0 Å². The number of rotatable bonds is 37. The van der Waals surface area contributed by atoms with E-state index in [9.17, 15) is 0 Å². The Bertz CT molecular complexity index is 1570. The van der Waals surface area contributed by atoms with Gasteiger partial charge in [-0.1, -0.05) is 0 Å². The maximum absolute atomic E-state index is 2.87. The topological polar surface area (TPSA) is 0 Å². The van der Waals surface area contributed by atoms with Crippen LogP contribution in [0.1, 0.15) is 255 Å². The van der Waals surface area contributed by atoms with Gasteiger partial charge < -0.3 is 37.2 Å². The van der Waals surface area contributed by atoms with Crippen LogP contribution in [0.4, 0.5) is 0 Å². The molecule has 1 unspecified atom stereocenters. The van der Waals surface area contributed by atoms with Crippen LogP contribution in [0.3, 0.4) is 0 Å². The molecule has 68 heavy (non-hydrogen) atoms. The molecule has 3 aromatic rings. The maximum atomic E-state index is 2.84. The van der Waals surface area contributed by atoms with E-state index in [4.69, 9.17) is 0 Å². The molecule has 380 valence electrons. The molecular formula is C63H99Cl3SiTi. The van der Waals surface area contributed by atoms with Gasteiger partial charge in [0.25, 0.3) is 0 Å². The van der Waals surface area contributed by atoms with E-state index in [-0.39, 0.29) is 40.6 Å². The van der Waals surface area contributed by atoms with Gasteiger partial charge in [0.15, 0.2) is 0 Å². The Balaban J connectivity index is 0.00000771. The summed E-state index contributed by atoms with van der Waals surface area (Å²) in [6.45, 7) is 16.5. The molecule has 0 spiro atoms. The molecule has 4 rings (SSSR count). The minimum Gasteiger partial charge on any atom is -1.00 e. The minimum absolute atomic E-state index is 0. The average molecular weight is 1040 g/mol. The maximum Gasteiger partial charge on any atom is -1.00 e. The van der Waals surface area contributed by atoms with E-state index in [1.54, 1.807) is 54.5 Å². The Morgan fingerprint density at radius 1 is 0.324 bits per heavy atom. The largest absolute Gasteiger partial charge is 1.00 e. The van der Waals surface area contributed by atoms with Crippen LogP contribution >= 0.6 is 0 Å². The first-order chi connectivity index (χ1) is 31.8. The quantitative estimate of drug-likeness (QED) is 0.0308. The number of unbranched alkanes of at least 4 members (excludes halogenated alkanes) is 19. The first-order valence-corrected chi connectivity index (χ1v) is 31.1.